The zero-order chi connectivity index (χ0) is 8.97. The molecule has 0 aliphatic carbocycles. The van der Waals surface area contributed by atoms with E-state index in [1.165, 1.54) is 0 Å². The summed E-state index contributed by atoms with van der Waals surface area (Å²) in [5, 5.41) is 5.43. The molecule has 0 aromatic carbocycles. The monoisotopic (exact) mass is 170 g/mol. The van der Waals surface area contributed by atoms with E-state index in [9.17, 15) is 9.59 Å². The molecule has 1 atom stereocenters. The lowest BCUT2D eigenvalue weighted by Crippen LogP contribution is -2.32. The van der Waals surface area contributed by atoms with Gasteiger partial charge in [0.2, 0.25) is 11.8 Å². The van der Waals surface area contributed by atoms with E-state index >= 15 is 0 Å². The SMILES string of the molecule is CCC(=O)NCC1CCNC1=O. The van der Waals surface area contributed by atoms with Crippen molar-refractivity contribution in [1.82, 2.24) is 10.6 Å². The van der Waals surface area contributed by atoms with Gasteiger partial charge in [0.15, 0.2) is 0 Å². The van der Waals surface area contributed by atoms with Crippen molar-refractivity contribution in [2.75, 3.05) is 13.1 Å². The molecule has 1 fully saturated rings. The fourth-order valence-electron chi connectivity index (χ4n) is 1.20. The third-order valence-electron chi connectivity index (χ3n) is 2.03. The van der Waals surface area contributed by atoms with Gasteiger partial charge in [-0.3, -0.25) is 9.59 Å². The van der Waals surface area contributed by atoms with Gasteiger partial charge in [-0.15, -0.1) is 0 Å². The Balaban J connectivity index is 2.22. The number of carbonyl (C=O) groups excluding carboxylic acids is 2. The molecule has 0 spiro atoms. The number of amides is 2. The lowest BCUT2D eigenvalue weighted by molar-refractivity contribution is -0.123. The van der Waals surface area contributed by atoms with E-state index in [4.69, 9.17) is 0 Å². The summed E-state index contributed by atoms with van der Waals surface area (Å²) in [4.78, 5) is 21.8. The number of rotatable bonds is 3. The zero-order valence-corrected chi connectivity index (χ0v) is 7.22. The lowest BCUT2D eigenvalue weighted by Gasteiger charge is -2.07. The molecule has 12 heavy (non-hydrogen) atoms. The molecule has 1 heterocycles. The van der Waals surface area contributed by atoms with Gasteiger partial charge in [-0.05, 0) is 6.42 Å². The third kappa shape index (κ3) is 2.22. The van der Waals surface area contributed by atoms with Crippen molar-refractivity contribution >= 4 is 11.8 Å². The van der Waals surface area contributed by atoms with Crippen LogP contribution in [0, 0.1) is 5.92 Å². The highest BCUT2D eigenvalue weighted by molar-refractivity contribution is 5.82. The molecule has 0 aromatic rings. The van der Waals surface area contributed by atoms with Crippen LogP contribution in [-0.2, 0) is 9.59 Å². The summed E-state index contributed by atoms with van der Waals surface area (Å²) in [5.74, 6) is 0.0570. The molecule has 0 bridgehead atoms. The average Bonchev–Trinajstić information content (AvgIpc) is 2.47. The van der Waals surface area contributed by atoms with Crippen LogP contribution >= 0.6 is 0 Å². The minimum absolute atomic E-state index is 0.00898. The van der Waals surface area contributed by atoms with Gasteiger partial charge < -0.3 is 10.6 Å². The van der Waals surface area contributed by atoms with E-state index in [0.29, 0.717) is 13.0 Å². The van der Waals surface area contributed by atoms with Crippen molar-refractivity contribution in [3.8, 4) is 0 Å². The molecule has 0 radical (unpaired) electrons. The second-order valence-corrected chi connectivity index (χ2v) is 2.93. The lowest BCUT2D eigenvalue weighted by atomic mass is 10.1. The molecule has 2 N–H and O–H groups in total. The average molecular weight is 170 g/mol. The van der Waals surface area contributed by atoms with Crippen LogP contribution in [0.3, 0.4) is 0 Å². The van der Waals surface area contributed by atoms with Crippen LogP contribution in [-0.4, -0.2) is 24.9 Å². The Bertz CT molecular complexity index is 191. The zero-order valence-electron chi connectivity index (χ0n) is 7.22. The van der Waals surface area contributed by atoms with E-state index in [2.05, 4.69) is 10.6 Å². The van der Waals surface area contributed by atoms with E-state index in [1.54, 1.807) is 6.92 Å². The van der Waals surface area contributed by atoms with Crippen molar-refractivity contribution in [3.63, 3.8) is 0 Å². The first kappa shape index (κ1) is 9.03. The Morgan fingerprint density at radius 2 is 2.50 bits per heavy atom. The molecule has 4 nitrogen and oxygen atoms in total. The summed E-state index contributed by atoms with van der Waals surface area (Å²) in [6.45, 7) is 3.02. The largest absolute Gasteiger partial charge is 0.356 e. The number of hydrogen-bond acceptors (Lipinski definition) is 2. The van der Waals surface area contributed by atoms with Crippen molar-refractivity contribution in [3.05, 3.63) is 0 Å². The van der Waals surface area contributed by atoms with Gasteiger partial charge in [0.1, 0.15) is 0 Å². The molecular weight excluding hydrogens is 156 g/mol. The normalized spacial score (nSPS) is 22.1. The van der Waals surface area contributed by atoms with Crippen LogP contribution in [0.1, 0.15) is 19.8 Å². The highest BCUT2D eigenvalue weighted by atomic mass is 16.2. The molecule has 4 heteroatoms. The van der Waals surface area contributed by atoms with Crippen LogP contribution < -0.4 is 10.6 Å². The third-order valence-corrected chi connectivity index (χ3v) is 2.03. The number of hydrogen-bond donors (Lipinski definition) is 2. The molecule has 1 aliphatic heterocycles. The van der Waals surface area contributed by atoms with Crippen LogP contribution in [0.5, 0.6) is 0 Å². The van der Waals surface area contributed by atoms with Gasteiger partial charge in [-0.1, -0.05) is 6.92 Å². The topological polar surface area (TPSA) is 58.2 Å². The molecule has 2 amide bonds. The first-order valence-corrected chi connectivity index (χ1v) is 4.28. The maximum absolute atomic E-state index is 11.0. The quantitative estimate of drug-likeness (QED) is 0.608. The predicted octanol–water partition coefficient (Wildman–Crippen LogP) is -0.351. The number of carbonyl (C=O) groups is 2. The highest BCUT2D eigenvalue weighted by Gasteiger charge is 2.23. The maximum atomic E-state index is 11.0. The summed E-state index contributed by atoms with van der Waals surface area (Å²) in [7, 11) is 0. The fraction of sp³-hybridized carbons (Fsp3) is 0.750. The molecule has 1 unspecified atom stereocenters. The summed E-state index contributed by atoms with van der Waals surface area (Å²) in [6, 6.07) is 0. The van der Waals surface area contributed by atoms with Gasteiger partial charge in [-0.25, -0.2) is 0 Å². The van der Waals surface area contributed by atoms with Gasteiger partial charge in [0.25, 0.3) is 0 Å². The van der Waals surface area contributed by atoms with Gasteiger partial charge >= 0.3 is 0 Å². The van der Waals surface area contributed by atoms with Crippen LogP contribution in [0.4, 0.5) is 0 Å². The first-order valence-electron chi connectivity index (χ1n) is 4.28. The minimum Gasteiger partial charge on any atom is -0.356 e. The van der Waals surface area contributed by atoms with Gasteiger partial charge in [-0.2, -0.15) is 0 Å². The van der Waals surface area contributed by atoms with Crippen molar-refractivity contribution in [1.29, 1.82) is 0 Å². The Morgan fingerprint density at radius 3 is 3.00 bits per heavy atom. The molecule has 1 aliphatic rings. The molecule has 1 saturated heterocycles. The molecular formula is C8H14N2O2. The Labute approximate surface area is 71.7 Å². The second-order valence-electron chi connectivity index (χ2n) is 2.93. The molecule has 0 aromatic heterocycles. The van der Waals surface area contributed by atoms with E-state index in [1.807, 2.05) is 0 Å². The van der Waals surface area contributed by atoms with E-state index in [0.717, 1.165) is 13.0 Å². The van der Waals surface area contributed by atoms with Crippen LogP contribution in [0.15, 0.2) is 0 Å². The minimum atomic E-state index is -0.0134. The Morgan fingerprint density at radius 1 is 1.75 bits per heavy atom. The summed E-state index contributed by atoms with van der Waals surface area (Å²) >= 11 is 0. The highest BCUT2D eigenvalue weighted by Crippen LogP contribution is 2.07. The van der Waals surface area contributed by atoms with Crippen LogP contribution in [0.2, 0.25) is 0 Å². The van der Waals surface area contributed by atoms with Gasteiger partial charge in [0.05, 0.1) is 5.92 Å². The van der Waals surface area contributed by atoms with Crippen molar-refractivity contribution in [2.45, 2.75) is 19.8 Å². The van der Waals surface area contributed by atoms with Crippen molar-refractivity contribution in [2.24, 2.45) is 5.92 Å². The maximum Gasteiger partial charge on any atom is 0.224 e. The number of nitrogens with one attached hydrogen (secondary N) is 2. The summed E-state index contributed by atoms with van der Waals surface area (Å²) in [5.41, 5.74) is 0. The Hall–Kier alpha value is -1.06. The molecule has 68 valence electrons. The standard InChI is InChI=1S/C8H14N2O2/c1-2-7(11)10-5-6-3-4-9-8(6)12/h6H,2-5H2,1H3,(H,9,12)(H,10,11). The Kier molecular flexibility index (Phi) is 3.08. The summed E-state index contributed by atoms with van der Waals surface area (Å²) < 4.78 is 0. The van der Waals surface area contributed by atoms with E-state index < -0.39 is 0 Å². The first-order chi connectivity index (χ1) is 5.74. The van der Waals surface area contributed by atoms with E-state index in [-0.39, 0.29) is 17.7 Å². The van der Waals surface area contributed by atoms with Crippen LogP contribution in [0.25, 0.3) is 0 Å². The fourth-order valence-corrected chi connectivity index (χ4v) is 1.20. The molecule has 0 saturated carbocycles. The van der Waals surface area contributed by atoms with Gasteiger partial charge in [0, 0.05) is 19.5 Å². The second kappa shape index (κ2) is 4.09. The predicted molar refractivity (Wildman–Crippen MR) is 44.4 cm³/mol. The van der Waals surface area contributed by atoms with Crippen molar-refractivity contribution < 1.29 is 9.59 Å². The smallest absolute Gasteiger partial charge is 0.224 e. The summed E-state index contributed by atoms with van der Waals surface area (Å²) in [6.07, 6.45) is 1.32. The molecule has 1 rings (SSSR count).